The molecule has 21 heavy (non-hydrogen) atoms. The molecule has 0 aromatic heterocycles. The maximum atomic E-state index is 12.5. The quantitative estimate of drug-likeness (QED) is 0.859. The van der Waals surface area contributed by atoms with Crippen molar-refractivity contribution >= 4 is 5.91 Å². The molecule has 2 aromatic rings. The second-order valence-electron chi connectivity index (χ2n) is 5.88. The van der Waals surface area contributed by atoms with Gasteiger partial charge in [0.15, 0.2) is 0 Å². The first kappa shape index (κ1) is 13.8. The maximum Gasteiger partial charge on any atom is 0.254 e. The molecule has 0 spiro atoms. The lowest BCUT2D eigenvalue weighted by Crippen LogP contribution is -2.23. The molecule has 2 aromatic carbocycles. The van der Waals surface area contributed by atoms with Crippen LogP contribution in [0, 0.1) is 0 Å². The molecule has 0 fully saturated rings. The Labute approximate surface area is 125 Å². The molecule has 1 aliphatic rings. The summed E-state index contributed by atoms with van der Waals surface area (Å²) in [6, 6.07) is 16.3. The van der Waals surface area contributed by atoms with Gasteiger partial charge in [0.1, 0.15) is 0 Å². The largest absolute Gasteiger partial charge is 0.330 e. The molecule has 3 nitrogen and oxygen atoms in total. The van der Waals surface area contributed by atoms with Gasteiger partial charge in [-0.15, -0.1) is 0 Å². The maximum absolute atomic E-state index is 12.5. The molecular weight excluding hydrogens is 260 g/mol. The van der Waals surface area contributed by atoms with Gasteiger partial charge >= 0.3 is 0 Å². The number of benzene rings is 2. The predicted octanol–water partition coefficient (Wildman–Crippen LogP) is 2.90. The monoisotopic (exact) mass is 280 g/mol. The van der Waals surface area contributed by atoms with Crippen molar-refractivity contribution < 1.29 is 4.79 Å². The van der Waals surface area contributed by atoms with E-state index in [1.54, 1.807) is 0 Å². The number of hydrogen-bond acceptors (Lipinski definition) is 2. The van der Waals surface area contributed by atoms with Gasteiger partial charge in [0.05, 0.1) is 0 Å². The molecule has 0 aliphatic carbocycles. The second-order valence-corrected chi connectivity index (χ2v) is 5.88. The number of carbonyl (C=O) groups excluding carboxylic acids is 1. The first-order valence-electron chi connectivity index (χ1n) is 7.23. The molecule has 1 amide bonds. The average molecular weight is 280 g/mol. The zero-order valence-electron chi connectivity index (χ0n) is 12.5. The van der Waals surface area contributed by atoms with Crippen LogP contribution >= 0.6 is 0 Å². The lowest BCUT2D eigenvalue weighted by molar-refractivity contribution is 0.0766. The van der Waals surface area contributed by atoms with E-state index in [4.69, 9.17) is 0 Å². The van der Waals surface area contributed by atoms with Crippen molar-refractivity contribution in [3.63, 3.8) is 0 Å². The summed E-state index contributed by atoms with van der Waals surface area (Å²) in [7, 11) is 4.11. The zero-order valence-corrected chi connectivity index (χ0v) is 12.5. The van der Waals surface area contributed by atoms with E-state index in [0.717, 1.165) is 17.7 Å². The van der Waals surface area contributed by atoms with Crippen molar-refractivity contribution in [2.24, 2.45) is 0 Å². The molecule has 3 rings (SSSR count). The highest BCUT2D eigenvalue weighted by atomic mass is 16.2. The Morgan fingerprint density at radius 1 is 1.05 bits per heavy atom. The van der Waals surface area contributed by atoms with Crippen LogP contribution in [0.3, 0.4) is 0 Å². The average Bonchev–Trinajstić information content (AvgIpc) is 2.75. The summed E-state index contributed by atoms with van der Waals surface area (Å²) in [4.78, 5) is 16.5. The van der Waals surface area contributed by atoms with Crippen LogP contribution in [0.1, 0.15) is 27.0 Å². The van der Waals surface area contributed by atoms with E-state index >= 15 is 0 Å². The Morgan fingerprint density at radius 3 is 2.52 bits per heavy atom. The topological polar surface area (TPSA) is 23.6 Å². The Morgan fingerprint density at radius 2 is 1.81 bits per heavy atom. The van der Waals surface area contributed by atoms with Gasteiger partial charge in [-0.25, -0.2) is 0 Å². The Hall–Kier alpha value is -2.13. The van der Waals surface area contributed by atoms with Gasteiger partial charge in [0.25, 0.3) is 5.91 Å². The van der Waals surface area contributed by atoms with Gasteiger partial charge < -0.3 is 9.80 Å². The summed E-state index contributed by atoms with van der Waals surface area (Å²) in [5.41, 5.74) is 4.43. The third-order valence-electron chi connectivity index (χ3n) is 3.76. The van der Waals surface area contributed by atoms with Crippen LogP contribution in [0.15, 0.2) is 48.5 Å². The smallest absolute Gasteiger partial charge is 0.254 e. The molecule has 0 bridgehead atoms. The van der Waals surface area contributed by atoms with E-state index in [1.807, 2.05) is 29.2 Å². The highest BCUT2D eigenvalue weighted by molar-refractivity contribution is 5.98. The van der Waals surface area contributed by atoms with Crippen LogP contribution in [0.5, 0.6) is 0 Å². The molecule has 0 saturated heterocycles. The Bertz CT molecular complexity index is 650. The number of carbonyl (C=O) groups is 1. The number of amides is 1. The van der Waals surface area contributed by atoms with Gasteiger partial charge in [-0.05, 0) is 36.9 Å². The molecule has 3 heteroatoms. The highest BCUT2D eigenvalue weighted by Gasteiger charge is 2.27. The summed E-state index contributed by atoms with van der Waals surface area (Å²) < 4.78 is 0. The number of hydrogen-bond donors (Lipinski definition) is 0. The predicted molar refractivity (Wildman–Crippen MR) is 83.9 cm³/mol. The summed E-state index contributed by atoms with van der Waals surface area (Å²) >= 11 is 0. The van der Waals surface area contributed by atoms with Crippen molar-refractivity contribution in [2.45, 2.75) is 19.6 Å². The minimum atomic E-state index is 0.144. The molecule has 1 aliphatic heterocycles. The summed E-state index contributed by atoms with van der Waals surface area (Å²) in [5.74, 6) is 0.144. The number of rotatable bonds is 4. The van der Waals surface area contributed by atoms with Gasteiger partial charge in [-0.1, -0.05) is 42.5 Å². The second kappa shape index (κ2) is 5.70. The zero-order chi connectivity index (χ0) is 14.8. The van der Waals surface area contributed by atoms with E-state index in [-0.39, 0.29) is 5.91 Å². The van der Waals surface area contributed by atoms with Gasteiger partial charge in [-0.2, -0.15) is 0 Å². The summed E-state index contributed by atoms with van der Waals surface area (Å²) in [6.45, 7) is 2.29. The number of nitrogens with zero attached hydrogens (tertiary/aromatic N) is 2. The third kappa shape index (κ3) is 2.98. The van der Waals surface area contributed by atoms with Crippen molar-refractivity contribution in [1.29, 1.82) is 0 Å². The molecule has 0 N–H and O–H groups in total. The van der Waals surface area contributed by atoms with Crippen LogP contribution < -0.4 is 0 Å². The van der Waals surface area contributed by atoms with E-state index in [2.05, 4.69) is 43.3 Å². The van der Waals surface area contributed by atoms with Crippen LogP contribution in [-0.2, 0) is 19.6 Å². The van der Waals surface area contributed by atoms with E-state index < -0.39 is 0 Å². The van der Waals surface area contributed by atoms with Crippen molar-refractivity contribution in [3.8, 4) is 0 Å². The molecular formula is C18H20N2O. The summed E-state index contributed by atoms with van der Waals surface area (Å²) in [5, 5.41) is 0. The van der Waals surface area contributed by atoms with E-state index in [1.165, 1.54) is 11.1 Å². The number of fused-ring (bicyclic) bond motifs is 1. The summed E-state index contributed by atoms with van der Waals surface area (Å²) in [6.07, 6.45) is 0. The van der Waals surface area contributed by atoms with Crippen LogP contribution in [0.25, 0.3) is 0 Å². The van der Waals surface area contributed by atoms with Gasteiger partial charge in [0.2, 0.25) is 0 Å². The van der Waals surface area contributed by atoms with Crippen LogP contribution in [0.2, 0.25) is 0 Å². The van der Waals surface area contributed by atoms with E-state index in [0.29, 0.717) is 13.1 Å². The molecule has 0 saturated carbocycles. The molecule has 0 unspecified atom stereocenters. The van der Waals surface area contributed by atoms with Crippen LogP contribution in [0.4, 0.5) is 0 Å². The van der Waals surface area contributed by atoms with Gasteiger partial charge in [0, 0.05) is 25.2 Å². The first-order chi connectivity index (χ1) is 10.1. The van der Waals surface area contributed by atoms with Crippen molar-refractivity contribution in [2.75, 3.05) is 14.1 Å². The minimum Gasteiger partial charge on any atom is -0.330 e. The third-order valence-corrected chi connectivity index (χ3v) is 3.76. The normalized spacial score (nSPS) is 13.9. The standard InChI is InChI=1S/C18H20N2O/c1-19(2)11-15-8-9-17-16(10-15)13-20(18(17)21)12-14-6-4-3-5-7-14/h3-10H,11-13H2,1-2H3. The molecule has 108 valence electrons. The minimum absolute atomic E-state index is 0.144. The molecule has 0 radical (unpaired) electrons. The first-order valence-corrected chi connectivity index (χ1v) is 7.23. The Kier molecular flexibility index (Phi) is 3.76. The highest BCUT2D eigenvalue weighted by Crippen LogP contribution is 2.25. The van der Waals surface area contributed by atoms with Crippen LogP contribution in [-0.4, -0.2) is 29.8 Å². The lowest BCUT2D eigenvalue weighted by atomic mass is 10.1. The fraction of sp³-hybridized carbons (Fsp3) is 0.278. The molecule has 1 heterocycles. The fourth-order valence-electron chi connectivity index (χ4n) is 2.83. The fourth-order valence-corrected chi connectivity index (χ4v) is 2.83. The molecule has 0 atom stereocenters. The Balaban J connectivity index is 1.78. The lowest BCUT2D eigenvalue weighted by Gasteiger charge is -2.15. The SMILES string of the molecule is CN(C)Cc1ccc2c(c1)CN(Cc1ccccc1)C2=O. The van der Waals surface area contributed by atoms with Gasteiger partial charge in [-0.3, -0.25) is 4.79 Å². The van der Waals surface area contributed by atoms with Crippen molar-refractivity contribution in [1.82, 2.24) is 9.80 Å². The van der Waals surface area contributed by atoms with E-state index in [9.17, 15) is 4.79 Å². The van der Waals surface area contributed by atoms with Crippen molar-refractivity contribution in [3.05, 3.63) is 70.8 Å².